The fourth-order valence-corrected chi connectivity index (χ4v) is 2.90. The highest BCUT2D eigenvalue weighted by Gasteiger charge is 2.18. The number of hydrogen-bond donors (Lipinski definition) is 2. The van der Waals surface area contributed by atoms with Crippen molar-refractivity contribution < 1.29 is 23.8 Å². The van der Waals surface area contributed by atoms with Gasteiger partial charge in [0.1, 0.15) is 23.6 Å². The van der Waals surface area contributed by atoms with Crippen LogP contribution >= 0.6 is 0 Å². The second-order valence-corrected chi connectivity index (χ2v) is 9.88. The maximum absolute atomic E-state index is 12.3. The Labute approximate surface area is 202 Å². The predicted octanol–water partition coefficient (Wildman–Crippen LogP) is 7.08. The van der Waals surface area contributed by atoms with Crippen LogP contribution in [0, 0.1) is 0 Å². The summed E-state index contributed by atoms with van der Waals surface area (Å²) in [6, 6.07) is 13.0. The van der Waals surface area contributed by atoms with Gasteiger partial charge in [-0.3, -0.25) is 10.6 Å². The van der Waals surface area contributed by atoms with Gasteiger partial charge in [0.15, 0.2) is 0 Å². The number of benzene rings is 2. The molecule has 2 aromatic rings. The van der Waals surface area contributed by atoms with Gasteiger partial charge in [-0.25, -0.2) is 9.59 Å². The molecule has 184 valence electrons. The molecule has 0 aromatic heterocycles. The molecule has 0 aliphatic heterocycles. The van der Waals surface area contributed by atoms with E-state index in [1.807, 2.05) is 37.3 Å². The van der Waals surface area contributed by atoms with E-state index < -0.39 is 23.4 Å². The Bertz CT molecular complexity index is 951. The van der Waals surface area contributed by atoms with E-state index in [1.54, 1.807) is 59.7 Å². The second kappa shape index (κ2) is 11.6. The average Bonchev–Trinajstić information content (AvgIpc) is 2.68. The first-order valence-electron chi connectivity index (χ1n) is 11.3. The fourth-order valence-electron chi connectivity index (χ4n) is 2.90. The summed E-state index contributed by atoms with van der Waals surface area (Å²) in [5.41, 5.74) is 1.59. The molecule has 2 amide bonds. The SMILES string of the molecule is CC=CCc1ccc(OCc2cc(NC(=O)OC(C)(C)C)cc(NC(=O)OC(C)(C)C)c2)cc1. The Balaban J connectivity index is 2.17. The molecule has 0 aliphatic rings. The molecule has 2 rings (SSSR count). The van der Waals surface area contributed by atoms with Gasteiger partial charge in [0.25, 0.3) is 0 Å². The van der Waals surface area contributed by atoms with Gasteiger partial charge in [-0.15, -0.1) is 0 Å². The Morgan fingerprint density at radius 3 is 1.74 bits per heavy atom. The van der Waals surface area contributed by atoms with Crippen molar-refractivity contribution in [1.82, 2.24) is 0 Å². The Morgan fingerprint density at radius 1 is 0.794 bits per heavy atom. The van der Waals surface area contributed by atoms with Crippen molar-refractivity contribution in [2.45, 2.75) is 72.7 Å². The van der Waals surface area contributed by atoms with E-state index >= 15 is 0 Å². The number of nitrogens with one attached hydrogen (secondary N) is 2. The van der Waals surface area contributed by atoms with E-state index in [4.69, 9.17) is 14.2 Å². The molecule has 7 heteroatoms. The van der Waals surface area contributed by atoms with Gasteiger partial charge < -0.3 is 14.2 Å². The minimum absolute atomic E-state index is 0.237. The van der Waals surface area contributed by atoms with Gasteiger partial charge in [0.05, 0.1) is 0 Å². The van der Waals surface area contributed by atoms with E-state index in [1.165, 1.54) is 5.56 Å². The van der Waals surface area contributed by atoms with Gasteiger partial charge >= 0.3 is 12.2 Å². The van der Waals surface area contributed by atoms with Crippen molar-refractivity contribution in [2.75, 3.05) is 10.6 Å². The van der Waals surface area contributed by atoms with Crippen molar-refractivity contribution in [1.29, 1.82) is 0 Å². The molecule has 0 saturated heterocycles. The highest BCUT2D eigenvalue weighted by molar-refractivity contribution is 5.89. The molecule has 0 atom stereocenters. The first-order chi connectivity index (χ1) is 15.8. The first-order valence-corrected chi connectivity index (χ1v) is 11.3. The van der Waals surface area contributed by atoms with Gasteiger partial charge in [0.2, 0.25) is 0 Å². The Hall–Kier alpha value is -3.48. The monoisotopic (exact) mass is 468 g/mol. The smallest absolute Gasteiger partial charge is 0.412 e. The summed E-state index contributed by atoms with van der Waals surface area (Å²) in [7, 11) is 0. The molecular formula is C27H36N2O5. The summed E-state index contributed by atoms with van der Waals surface area (Å²) >= 11 is 0. The van der Waals surface area contributed by atoms with Gasteiger partial charge in [-0.1, -0.05) is 24.3 Å². The van der Waals surface area contributed by atoms with E-state index in [0.29, 0.717) is 11.4 Å². The van der Waals surface area contributed by atoms with Crippen LogP contribution in [-0.4, -0.2) is 23.4 Å². The van der Waals surface area contributed by atoms with E-state index in [2.05, 4.69) is 16.7 Å². The fraction of sp³-hybridized carbons (Fsp3) is 0.407. The minimum atomic E-state index is -0.637. The highest BCUT2D eigenvalue weighted by Crippen LogP contribution is 2.23. The molecular weight excluding hydrogens is 432 g/mol. The summed E-state index contributed by atoms with van der Waals surface area (Å²) in [5, 5.41) is 5.42. The molecule has 34 heavy (non-hydrogen) atoms. The highest BCUT2D eigenvalue weighted by atomic mass is 16.6. The molecule has 0 saturated carbocycles. The van der Waals surface area contributed by atoms with Crippen molar-refractivity contribution in [3.63, 3.8) is 0 Å². The molecule has 0 heterocycles. The molecule has 0 unspecified atom stereocenters. The minimum Gasteiger partial charge on any atom is -0.489 e. The lowest BCUT2D eigenvalue weighted by Gasteiger charge is -2.21. The maximum Gasteiger partial charge on any atom is 0.412 e. The molecule has 2 N–H and O–H groups in total. The van der Waals surface area contributed by atoms with E-state index in [9.17, 15) is 9.59 Å². The normalized spacial score (nSPS) is 11.7. The van der Waals surface area contributed by atoms with Crippen LogP contribution in [0.3, 0.4) is 0 Å². The van der Waals surface area contributed by atoms with Crippen LogP contribution < -0.4 is 15.4 Å². The standard InChI is InChI=1S/C27H36N2O5/c1-8-9-10-19-11-13-23(14-12-19)32-18-20-15-21(28-24(30)33-26(2,3)4)17-22(16-20)29-25(31)34-27(5,6)7/h8-9,11-17H,10,18H2,1-7H3,(H,28,30)(H,29,31). The van der Waals surface area contributed by atoms with Crippen molar-refractivity contribution >= 4 is 23.6 Å². The quantitative estimate of drug-likeness (QED) is 0.424. The number of carbonyl (C=O) groups is 2. The molecule has 0 radical (unpaired) electrons. The summed E-state index contributed by atoms with van der Waals surface area (Å²) < 4.78 is 16.6. The zero-order valence-electron chi connectivity index (χ0n) is 21.2. The number of allylic oxidation sites excluding steroid dienone is 2. The van der Waals surface area contributed by atoms with Gasteiger partial charge in [-0.05, 0) is 96.3 Å². The van der Waals surface area contributed by atoms with E-state index in [-0.39, 0.29) is 6.61 Å². The maximum atomic E-state index is 12.3. The molecule has 0 fully saturated rings. The molecule has 7 nitrogen and oxygen atoms in total. The summed E-state index contributed by atoms with van der Waals surface area (Å²) in [4.78, 5) is 24.5. The molecule has 0 aliphatic carbocycles. The van der Waals surface area contributed by atoms with Gasteiger partial charge in [0, 0.05) is 11.4 Å². The topological polar surface area (TPSA) is 85.9 Å². The lowest BCUT2D eigenvalue weighted by Crippen LogP contribution is -2.28. The first kappa shape index (κ1) is 26.8. The summed E-state index contributed by atoms with van der Waals surface area (Å²) in [6.45, 7) is 13.0. The van der Waals surface area contributed by atoms with Crippen molar-refractivity contribution in [3.05, 3.63) is 65.7 Å². The average molecular weight is 469 g/mol. The second-order valence-electron chi connectivity index (χ2n) is 9.88. The summed E-state index contributed by atoms with van der Waals surface area (Å²) in [5.74, 6) is 0.719. The number of anilines is 2. The van der Waals surface area contributed by atoms with Crippen LogP contribution in [0.2, 0.25) is 0 Å². The van der Waals surface area contributed by atoms with E-state index in [0.717, 1.165) is 17.7 Å². The largest absolute Gasteiger partial charge is 0.489 e. The zero-order chi connectivity index (χ0) is 25.4. The van der Waals surface area contributed by atoms with Crippen molar-refractivity contribution in [2.24, 2.45) is 0 Å². The zero-order valence-corrected chi connectivity index (χ0v) is 21.2. The Morgan fingerprint density at radius 2 is 1.29 bits per heavy atom. The number of ether oxygens (including phenoxy) is 3. The van der Waals surface area contributed by atoms with Crippen LogP contribution in [0.1, 0.15) is 59.6 Å². The summed E-state index contributed by atoms with van der Waals surface area (Å²) in [6.07, 6.45) is 3.80. The van der Waals surface area contributed by atoms with Crippen molar-refractivity contribution in [3.8, 4) is 5.75 Å². The Kier molecular flexibility index (Phi) is 9.12. The molecule has 0 bridgehead atoms. The number of hydrogen-bond acceptors (Lipinski definition) is 5. The third kappa shape index (κ3) is 10.4. The van der Waals surface area contributed by atoms with Crippen LogP contribution in [0.15, 0.2) is 54.6 Å². The lowest BCUT2D eigenvalue weighted by molar-refractivity contribution is 0.0625. The third-order valence-electron chi connectivity index (χ3n) is 4.20. The third-order valence-corrected chi connectivity index (χ3v) is 4.20. The number of carbonyl (C=O) groups excluding carboxylic acids is 2. The van der Waals surface area contributed by atoms with Crippen LogP contribution in [0.25, 0.3) is 0 Å². The number of amides is 2. The van der Waals surface area contributed by atoms with Crippen LogP contribution in [0.5, 0.6) is 5.75 Å². The van der Waals surface area contributed by atoms with Crippen LogP contribution in [0.4, 0.5) is 21.0 Å². The number of rotatable bonds is 7. The predicted molar refractivity (Wildman–Crippen MR) is 135 cm³/mol. The molecule has 0 spiro atoms. The molecule has 2 aromatic carbocycles. The van der Waals surface area contributed by atoms with Crippen LogP contribution in [-0.2, 0) is 22.5 Å². The lowest BCUT2D eigenvalue weighted by atomic mass is 10.1. The van der Waals surface area contributed by atoms with Gasteiger partial charge in [-0.2, -0.15) is 0 Å².